The molecular formula is C19H20IN3O4S. The minimum Gasteiger partial charge on any atom is -0.493 e. The number of carbonyl (C=O) groups is 2. The van der Waals surface area contributed by atoms with E-state index in [0.717, 1.165) is 26.4 Å². The summed E-state index contributed by atoms with van der Waals surface area (Å²) in [5.41, 5.74) is 1.73. The molecule has 1 saturated heterocycles. The van der Waals surface area contributed by atoms with E-state index in [2.05, 4.69) is 45.7 Å². The molecule has 0 radical (unpaired) electrons. The molecule has 9 heteroatoms. The van der Waals surface area contributed by atoms with Crippen molar-refractivity contribution >= 4 is 53.0 Å². The summed E-state index contributed by atoms with van der Waals surface area (Å²) < 4.78 is 12.3. The number of benzene rings is 1. The SMILES string of the molecule is COc1cnc(C2CCOCC2)c(I)c1NC(=O)N(S)C(=O)c1ccccc1. The number of nitrogens with one attached hydrogen (secondary N) is 1. The number of halogens is 1. The maximum atomic E-state index is 12.7. The summed E-state index contributed by atoms with van der Waals surface area (Å²) in [6.45, 7) is 1.37. The van der Waals surface area contributed by atoms with Crippen LogP contribution >= 0.6 is 35.4 Å². The molecule has 1 fully saturated rings. The zero-order valence-corrected chi connectivity index (χ0v) is 18.3. The highest BCUT2D eigenvalue weighted by atomic mass is 127. The molecule has 28 heavy (non-hydrogen) atoms. The van der Waals surface area contributed by atoms with Gasteiger partial charge in [0, 0.05) is 24.7 Å². The molecule has 1 aliphatic heterocycles. The monoisotopic (exact) mass is 513 g/mol. The van der Waals surface area contributed by atoms with Crippen molar-refractivity contribution < 1.29 is 19.1 Å². The zero-order chi connectivity index (χ0) is 20.1. The van der Waals surface area contributed by atoms with E-state index in [1.165, 1.54) is 7.11 Å². The Bertz CT molecular complexity index is 860. The minimum atomic E-state index is -0.669. The van der Waals surface area contributed by atoms with Gasteiger partial charge in [0.1, 0.15) is 5.69 Å². The van der Waals surface area contributed by atoms with Crippen LogP contribution in [0.3, 0.4) is 0 Å². The van der Waals surface area contributed by atoms with Crippen molar-refractivity contribution in [2.45, 2.75) is 18.8 Å². The van der Waals surface area contributed by atoms with Crippen LogP contribution < -0.4 is 10.1 Å². The predicted octanol–water partition coefficient (Wildman–Crippen LogP) is 4.11. The molecule has 7 nitrogen and oxygen atoms in total. The first-order valence-corrected chi connectivity index (χ1v) is 10.2. The van der Waals surface area contributed by atoms with Crippen LogP contribution in [0.4, 0.5) is 10.5 Å². The molecule has 0 saturated carbocycles. The molecule has 3 rings (SSSR count). The van der Waals surface area contributed by atoms with Crippen molar-refractivity contribution in [3.63, 3.8) is 0 Å². The lowest BCUT2D eigenvalue weighted by atomic mass is 9.95. The highest BCUT2D eigenvalue weighted by Crippen LogP contribution is 2.37. The van der Waals surface area contributed by atoms with Crippen molar-refractivity contribution in [1.82, 2.24) is 9.29 Å². The van der Waals surface area contributed by atoms with Gasteiger partial charge in [-0.1, -0.05) is 31.0 Å². The number of hydrogen-bond donors (Lipinski definition) is 2. The smallest absolute Gasteiger partial charge is 0.339 e. The summed E-state index contributed by atoms with van der Waals surface area (Å²) in [6.07, 6.45) is 3.33. The van der Waals surface area contributed by atoms with E-state index in [1.54, 1.807) is 36.5 Å². The summed E-state index contributed by atoms with van der Waals surface area (Å²) in [7, 11) is 1.50. The number of anilines is 1. The molecule has 1 N–H and O–H groups in total. The highest BCUT2D eigenvalue weighted by molar-refractivity contribution is 14.1. The molecular weight excluding hydrogens is 493 g/mol. The molecule has 0 aliphatic carbocycles. The number of thiol groups is 1. The van der Waals surface area contributed by atoms with Gasteiger partial charge in [0.25, 0.3) is 5.91 Å². The van der Waals surface area contributed by atoms with Gasteiger partial charge in [0.05, 0.1) is 22.6 Å². The quantitative estimate of drug-likeness (QED) is 0.476. The Kier molecular flexibility index (Phi) is 7.13. The van der Waals surface area contributed by atoms with E-state index in [9.17, 15) is 9.59 Å². The number of nitrogens with zero attached hydrogens (tertiary/aromatic N) is 2. The van der Waals surface area contributed by atoms with E-state index in [0.29, 0.717) is 30.2 Å². The Labute approximate surface area is 182 Å². The third-order valence-corrected chi connectivity index (χ3v) is 5.93. The van der Waals surface area contributed by atoms with Gasteiger partial charge in [-0.2, -0.15) is 0 Å². The first-order valence-electron chi connectivity index (χ1n) is 8.72. The van der Waals surface area contributed by atoms with Crippen LogP contribution in [0.2, 0.25) is 0 Å². The van der Waals surface area contributed by atoms with E-state index >= 15 is 0 Å². The second-order valence-corrected chi connectivity index (χ2v) is 7.68. The number of amides is 3. The Morgan fingerprint density at radius 2 is 1.96 bits per heavy atom. The van der Waals surface area contributed by atoms with Gasteiger partial charge in [0.2, 0.25) is 0 Å². The fraction of sp³-hybridized carbons (Fsp3) is 0.316. The van der Waals surface area contributed by atoms with Gasteiger partial charge >= 0.3 is 6.03 Å². The number of rotatable bonds is 4. The van der Waals surface area contributed by atoms with Gasteiger partial charge in [-0.05, 0) is 47.6 Å². The second kappa shape index (κ2) is 9.57. The van der Waals surface area contributed by atoms with Crippen LogP contribution in [0.5, 0.6) is 5.75 Å². The number of aromatic nitrogens is 1. The maximum absolute atomic E-state index is 12.7. The summed E-state index contributed by atoms with van der Waals surface area (Å²) >= 11 is 6.23. The summed E-state index contributed by atoms with van der Waals surface area (Å²) in [5, 5.41) is 2.75. The van der Waals surface area contributed by atoms with Crippen LogP contribution in [-0.4, -0.2) is 41.6 Å². The predicted molar refractivity (Wildman–Crippen MR) is 117 cm³/mol. The Balaban J connectivity index is 1.83. The fourth-order valence-corrected chi connectivity index (χ4v) is 4.11. The van der Waals surface area contributed by atoms with Gasteiger partial charge in [0.15, 0.2) is 5.75 Å². The number of methoxy groups -OCH3 is 1. The molecule has 0 unspecified atom stereocenters. The Morgan fingerprint density at radius 1 is 1.29 bits per heavy atom. The highest BCUT2D eigenvalue weighted by Gasteiger charge is 2.26. The second-order valence-electron chi connectivity index (χ2n) is 6.20. The number of pyridine rings is 1. The van der Waals surface area contributed by atoms with Crippen molar-refractivity contribution in [2.75, 3.05) is 25.6 Å². The molecule has 2 aromatic rings. The van der Waals surface area contributed by atoms with E-state index in [1.807, 2.05) is 0 Å². The van der Waals surface area contributed by atoms with E-state index in [-0.39, 0.29) is 5.92 Å². The van der Waals surface area contributed by atoms with Crippen molar-refractivity contribution in [1.29, 1.82) is 0 Å². The third kappa shape index (κ3) is 4.58. The van der Waals surface area contributed by atoms with Gasteiger partial charge < -0.3 is 14.8 Å². The number of carbonyl (C=O) groups excluding carboxylic acids is 2. The van der Waals surface area contributed by atoms with Crippen molar-refractivity contribution in [3.8, 4) is 5.75 Å². The fourth-order valence-electron chi connectivity index (χ4n) is 2.97. The van der Waals surface area contributed by atoms with E-state index < -0.39 is 11.9 Å². The molecule has 3 amide bonds. The molecule has 1 aromatic heterocycles. The van der Waals surface area contributed by atoms with Gasteiger partial charge in [-0.15, -0.1) is 0 Å². The van der Waals surface area contributed by atoms with Crippen molar-refractivity contribution in [3.05, 3.63) is 51.4 Å². The summed E-state index contributed by atoms with van der Waals surface area (Å²) in [5.74, 6) is 0.150. The van der Waals surface area contributed by atoms with Gasteiger partial charge in [-0.3, -0.25) is 9.78 Å². The summed E-state index contributed by atoms with van der Waals surface area (Å²) in [6, 6.07) is 7.82. The molecule has 1 aliphatic rings. The number of hydrogen-bond acceptors (Lipinski definition) is 6. The Morgan fingerprint density at radius 3 is 2.61 bits per heavy atom. The molecule has 0 bridgehead atoms. The first-order chi connectivity index (χ1) is 13.5. The molecule has 148 valence electrons. The summed E-state index contributed by atoms with van der Waals surface area (Å²) in [4.78, 5) is 29.6. The largest absolute Gasteiger partial charge is 0.493 e. The van der Waals surface area contributed by atoms with Crippen LogP contribution in [-0.2, 0) is 4.74 Å². The number of imide groups is 1. The van der Waals surface area contributed by atoms with Crippen LogP contribution in [0.15, 0.2) is 36.5 Å². The Hall–Kier alpha value is -1.85. The topological polar surface area (TPSA) is 80.8 Å². The average Bonchev–Trinajstić information content (AvgIpc) is 2.75. The molecule has 1 aromatic carbocycles. The van der Waals surface area contributed by atoms with Crippen LogP contribution in [0.25, 0.3) is 0 Å². The number of ether oxygens (including phenoxy) is 2. The average molecular weight is 513 g/mol. The zero-order valence-electron chi connectivity index (χ0n) is 15.2. The van der Waals surface area contributed by atoms with E-state index in [4.69, 9.17) is 9.47 Å². The number of urea groups is 1. The lowest BCUT2D eigenvalue weighted by Crippen LogP contribution is -2.33. The standard InChI is InChI=1S/C19H20IN3O4S/c1-26-14-11-21-16(12-7-9-27-10-8-12)15(20)17(14)22-19(25)23(28)18(24)13-5-3-2-4-6-13/h2-6,11-12,28H,7-10H2,1H3,(H,21,22,25). The molecule has 2 heterocycles. The third-order valence-electron chi connectivity index (χ3n) is 4.48. The molecule has 0 spiro atoms. The normalized spacial score (nSPS) is 14.4. The molecule has 0 atom stereocenters. The first kappa shape index (κ1) is 20.9. The van der Waals surface area contributed by atoms with Crippen molar-refractivity contribution in [2.24, 2.45) is 0 Å². The van der Waals surface area contributed by atoms with Gasteiger partial charge in [-0.25, -0.2) is 9.10 Å². The lowest BCUT2D eigenvalue weighted by Gasteiger charge is -2.24. The maximum Gasteiger partial charge on any atom is 0.339 e. The van der Waals surface area contributed by atoms with Crippen LogP contribution in [0, 0.1) is 3.57 Å². The van der Waals surface area contributed by atoms with Crippen LogP contribution in [0.1, 0.15) is 34.8 Å². The minimum absolute atomic E-state index is 0.250. The lowest BCUT2D eigenvalue weighted by molar-refractivity contribution is 0.0843.